The van der Waals surface area contributed by atoms with Gasteiger partial charge in [-0.1, -0.05) is 6.07 Å². The quantitative estimate of drug-likeness (QED) is 0.897. The molecule has 0 aliphatic carbocycles. The lowest BCUT2D eigenvalue weighted by atomic mass is 9.90. The van der Waals surface area contributed by atoms with E-state index >= 15 is 0 Å². The van der Waals surface area contributed by atoms with Crippen molar-refractivity contribution >= 4 is 10.0 Å². The second kappa shape index (κ2) is 5.09. The summed E-state index contributed by atoms with van der Waals surface area (Å²) < 4.78 is 40.5. The largest absolute Gasteiger partial charge is 0.316 e. The molecule has 2 aliphatic heterocycles. The average Bonchev–Trinajstić information content (AvgIpc) is 2.88. The maximum absolute atomic E-state index is 13.9. The maximum Gasteiger partial charge on any atom is 0.246 e. The summed E-state index contributed by atoms with van der Waals surface area (Å²) in [6.07, 6.45) is 0.852. The minimum absolute atomic E-state index is 0.193. The Morgan fingerprint density at radius 1 is 1.30 bits per heavy atom. The van der Waals surface area contributed by atoms with E-state index in [0.717, 1.165) is 25.1 Å². The van der Waals surface area contributed by atoms with Crippen LogP contribution in [-0.2, 0) is 10.0 Å². The molecule has 2 fully saturated rings. The van der Waals surface area contributed by atoms with Crippen molar-refractivity contribution in [1.82, 2.24) is 9.62 Å². The molecule has 110 valence electrons. The van der Waals surface area contributed by atoms with Crippen molar-refractivity contribution in [2.75, 3.05) is 26.2 Å². The van der Waals surface area contributed by atoms with Gasteiger partial charge in [0.15, 0.2) is 0 Å². The molecular formula is C14H19FN2O2S. The molecule has 2 unspecified atom stereocenters. The van der Waals surface area contributed by atoms with Gasteiger partial charge in [0.1, 0.15) is 10.7 Å². The molecular weight excluding hydrogens is 279 g/mol. The van der Waals surface area contributed by atoms with Gasteiger partial charge in [-0.3, -0.25) is 0 Å². The third-order valence-corrected chi connectivity index (χ3v) is 6.25. The average molecular weight is 298 g/mol. The second-order valence-corrected chi connectivity index (χ2v) is 7.67. The van der Waals surface area contributed by atoms with E-state index in [9.17, 15) is 12.8 Å². The summed E-state index contributed by atoms with van der Waals surface area (Å²) in [5.41, 5.74) is 0.752. The SMILES string of the molecule is Cc1ccc(F)c(S(=O)(=O)N2CCC3CNCC3C2)c1. The van der Waals surface area contributed by atoms with Crippen LogP contribution in [0.3, 0.4) is 0 Å². The Balaban J connectivity index is 1.90. The molecule has 0 saturated carbocycles. The molecule has 1 N–H and O–H groups in total. The number of rotatable bonds is 2. The van der Waals surface area contributed by atoms with Gasteiger partial charge in [0.2, 0.25) is 10.0 Å². The Morgan fingerprint density at radius 2 is 2.05 bits per heavy atom. The van der Waals surface area contributed by atoms with Gasteiger partial charge in [0, 0.05) is 13.1 Å². The first-order chi connectivity index (χ1) is 9.48. The summed E-state index contributed by atoms with van der Waals surface area (Å²) >= 11 is 0. The molecule has 0 bridgehead atoms. The highest BCUT2D eigenvalue weighted by atomic mass is 32.2. The van der Waals surface area contributed by atoms with Crippen molar-refractivity contribution in [2.24, 2.45) is 11.8 Å². The van der Waals surface area contributed by atoms with Crippen LogP contribution in [0.15, 0.2) is 23.1 Å². The number of piperidine rings is 1. The van der Waals surface area contributed by atoms with Crippen molar-refractivity contribution in [2.45, 2.75) is 18.2 Å². The molecule has 0 amide bonds. The Bertz CT molecular complexity index is 618. The Labute approximate surface area is 119 Å². The van der Waals surface area contributed by atoms with Crippen molar-refractivity contribution in [3.8, 4) is 0 Å². The lowest BCUT2D eigenvalue weighted by Gasteiger charge is -2.33. The van der Waals surface area contributed by atoms with Crippen LogP contribution in [0.5, 0.6) is 0 Å². The number of nitrogens with one attached hydrogen (secondary N) is 1. The third-order valence-electron chi connectivity index (χ3n) is 4.37. The van der Waals surface area contributed by atoms with Gasteiger partial charge in [-0.05, 0) is 56.0 Å². The van der Waals surface area contributed by atoms with Crippen molar-refractivity contribution in [1.29, 1.82) is 0 Å². The van der Waals surface area contributed by atoms with Crippen LogP contribution in [0.4, 0.5) is 4.39 Å². The molecule has 2 saturated heterocycles. The van der Waals surface area contributed by atoms with Crippen LogP contribution >= 0.6 is 0 Å². The van der Waals surface area contributed by atoms with E-state index in [1.807, 2.05) is 0 Å². The van der Waals surface area contributed by atoms with Crippen molar-refractivity contribution in [3.63, 3.8) is 0 Å². The molecule has 2 aliphatic rings. The molecule has 2 atom stereocenters. The van der Waals surface area contributed by atoms with Gasteiger partial charge in [-0.2, -0.15) is 4.31 Å². The fourth-order valence-electron chi connectivity index (χ4n) is 3.17. The number of benzene rings is 1. The highest BCUT2D eigenvalue weighted by Crippen LogP contribution is 2.30. The predicted octanol–water partition coefficient (Wildman–Crippen LogP) is 1.36. The van der Waals surface area contributed by atoms with Gasteiger partial charge < -0.3 is 5.32 Å². The molecule has 1 aromatic carbocycles. The van der Waals surface area contributed by atoms with Crippen LogP contribution in [0.25, 0.3) is 0 Å². The number of nitrogens with zero attached hydrogens (tertiary/aromatic N) is 1. The maximum atomic E-state index is 13.9. The van der Waals surface area contributed by atoms with Crippen LogP contribution in [0, 0.1) is 24.6 Å². The van der Waals surface area contributed by atoms with Crippen LogP contribution in [-0.4, -0.2) is 38.9 Å². The molecule has 1 aromatic rings. The Morgan fingerprint density at radius 3 is 2.85 bits per heavy atom. The zero-order valence-electron chi connectivity index (χ0n) is 11.5. The summed E-state index contributed by atoms with van der Waals surface area (Å²) in [5, 5.41) is 3.30. The van der Waals surface area contributed by atoms with Crippen molar-refractivity contribution in [3.05, 3.63) is 29.6 Å². The minimum atomic E-state index is -3.72. The summed E-state index contributed by atoms with van der Waals surface area (Å²) in [6, 6.07) is 4.23. The van der Waals surface area contributed by atoms with Gasteiger partial charge in [-0.25, -0.2) is 12.8 Å². The van der Waals surface area contributed by atoms with E-state index < -0.39 is 15.8 Å². The standard InChI is InChI=1S/C14H19FN2O2S/c1-10-2-3-13(15)14(6-10)20(18,19)17-5-4-11-7-16-8-12(11)9-17/h2-3,6,11-12,16H,4-5,7-9H2,1H3. The predicted molar refractivity (Wildman–Crippen MR) is 74.4 cm³/mol. The molecule has 4 nitrogen and oxygen atoms in total. The Kier molecular flexibility index (Phi) is 3.56. The zero-order chi connectivity index (χ0) is 14.3. The van der Waals surface area contributed by atoms with Crippen LogP contribution in [0.1, 0.15) is 12.0 Å². The lowest BCUT2D eigenvalue weighted by molar-refractivity contribution is 0.227. The van der Waals surface area contributed by atoms with Gasteiger partial charge in [0.25, 0.3) is 0 Å². The Hall–Kier alpha value is -0.980. The highest BCUT2D eigenvalue weighted by molar-refractivity contribution is 7.89. The van der Waals surface area contributed by atoms with E-state index in [1.165, 1.54) is 16.4 Å². The summed E-state index contributed by atoms with van der Waals surface area (Å²) in [5.74, 6) is 0.248. The number of sulfonamides is 1. The number of hydrogen-bond acceptors (Lipinski definition) is 3. The number of aryl methyl sites for hydroxylation is 1. The molecule has 0 aromatic heterocycles. The lowest BCUT2D eigenvalue weighted by Crippen LogP contribution is -2.43. The molecule has 0 spiro atoms. The second-order valence-electron chi connectivity index (χ2n) is 5.76. The first kappa shape index (κ1) is 14.0. The fourth-order valence-corrected chi connectivity index (χ4v) is 4.83. The van der Waals surface area contributed by atoms with Crippen LogP contribution in [0.2, 0.25) is 0 Å². The molecule has 2 heterocycles. The van der Waals surface area contributed by atoms with Crippen molar-refractivity contribution < 1.29 is 12.8 Å². The third kappa shape index (κ3) is 2.36. The first-order valence-electron chi connectivity index (χ1n) is 6.95. The molecule has 6 heteroatoms. The monoisotopic (exact) mass is 298 g/mol. The summed E-state index contributed by atoms with van der Waals surface area (Å²) in [6.45, 7) is 4.57. The topological polar surface area (TPSA) is 49.4 Å². The molecule has 3 rings (SSSR count). The van der Waals surface area contributed by atoms with E-state index in [4.69, 9.17) is 0 Å². The van der Waals surface area contributed by atoms with Gasteiger partial charge in [-0.15, -0.1) is 0 Å². The van der Waals surface area contributed by atoms with E-state index in [2.05, 4.69) is 5.32 Å². The van der Waals surface area contributed by atoms with E-state index in [0.29, 0.717) is 24.9 Å². The number of hydrogen-bond donors (Lipinski definition) is 1. The van der Waals surface area contributed by atoms with Gasteiger partial charge >= 0.3 is 0 Å². The zero-order valence-corrected chi connectivity index (χ0v) is 12.3. The normalized spacial score (nSPS) is 27.5. The van der Waals surface area contributed by atoms with Crippen LogP contribution < -0.4 is 5.32 Å². The van der Waals surface area contributed by atoms with E-state index in [-0.39, 0.29) is 4.90 Å². The molecule has 20 heavy (non-hydrogen) atoms. The summed E-state index contributed by atoms with van der Waals surface area (Å²) in [7, 11) is -3.72. The number of halogens is 1. The minimum Gasteiger partial charge on any atom is -0.316 e. The summed E-state index contributed by atoms with van der Waals surface area (Å²) in [4.78, 5) is -0.193. The first-order valence-corrected chi connectivity index (χ1v) is 8.39. The number of fused-ring (bicyclic) bond motifs is 1. The smallest absolute Gasteiger partial charge is 0.246 e. The van der Waals surface area contributed by atoms with E-state index in [1.54, 1.807) is 13.0 Å². The highest BCUT2D eigenvalue weighted by Gasteiger charge is 2.38. The molecule has 0 radical (unpaired) electrons. The van der Waals surface area contributed by atoms with Gasteiger partial charge in [0.05, 0.1) is 0 Å². The fraction of sp³-hybridized carbons (Fsp3) is 0.571.